The van der Waals surface area contributed by atoms with Gasteiger partial charge < -0.3 is 10.6 Å². The molecule has 0 aliphatic heterocycles. The fourth-order valence-electron chi connectivity index (χ4n) is 1.34. The number of nitrogens with one attached hydrogen (secondary N) is 2. The number of allylic oxidation sites excluding steroid dienone is 1. The lowest BCUT2D eigenvalue weighted by atomic mass is 10.1. The molecule has 0 atom stereocenters. The van der Waals surface area contributed by atoms with E-state index in [2.05, 4.69) is 41.8 Å². The number of carbonyl (C=O) groups is 1. The van der Waals surface area contributed by atoms with Gasteiger partial charge >= 0.3 is 6.03 Å². The Kier molecular flexibility index (Phi) is 5.27. The van der Waals surface area contributed by atoms with Crippen molar-refractivity contribution < 1.29 is 4.79 Å². The second kappa shape index (κ2) is 6.74. The normalized spacial score (nSPS) is 9.59. The van der Waals surface area contributed by atoms with Gasteiger partial charge in [0.05, 0.1) is 0 Å². The van der Waals surface area contributed by atoms with Crippen LogP contribution in [-0.2, 0) is 6.42 Å². The lowest BCUT2D eigenvalue weighted by molar-refractivity contribution is 0.244. The number of carbonyl (C=O) groups excluding carboxylic acids is 1. The molecule has 0 aromatic heterocycles. The molecule has 0 saturated carbocycles. The molecule has 0 fully saturated rings. The summed E-state index contributed by atoms with van der Waals surface area (Å²) < 4.78 is 0. The second-order valence-electron chi connectivity index (χ2n) is 4.36. The summed E-state index contributed by atoms with van der Waals surface area (Å²) in [7, 11) is 0. The quantitative estimate of drug-likeness (QED) is 0.823. The molecular weight excluding hydrogens is 212 g/mol. The fourth-order valence-corrected chi connectivity index (χ4v) is 1.34. The Morgan fingerprint density at radius 3 is 2.47 bits per heavy atom. The third kappa shape index (κ3) is 5.76. The van der Waals surface area contributed by atoms with E-state index in [1.54, 1.807) is 6.20 Å². The Labute approximate surface area is 103 Å². The van der Waals surface area contributed by atoms with E-state index in [0.717, 1.165) is 12.0 Å². The molecule has 0 heterocycles. The van der Waals surface area contributed by atoms with Crippen LogP contribution in [0.4, 0.5) is 4.79 Å². The molecule has 0 aliphatic carbocycles. The van der Waals surface area contributed by atoms with Crippen molar-refractivity contribution in [1.29, 1.82) is 0 Å². The minimum Gasteiger partial charge on any atom is -0.338 e. The highest BCUT2D eigenvalue weighted by atomic mass is 16.2. The van der Waals surface area contributed by atoms with Crippen molar-refractivity contribution in [1.82, 2.24) is 10.6 Å². The van der Waals surface area contributed by atoms with Gasteiger partial charge in [-0.3, -0.25) is 0 Å². The van der Waals surface area contributed by atoms with Crippen LogP contribution in [0.15, 0.2) is 36.0 Å². The Morgan fingerprint density at radius 1 is 1.24 bits per heavy atom. The third-order valence-corrected chi connectivity index (χ3v) is 2.31. The van der Waals surface area contributed by atoms with Crippen LogP contribution in [-0.4, -0.2) is 12.6 Å². The highest BCUT2D eigenvalue weighted by Gasteiger charge is 1.97. The zero-order valence-corrected chi connectivity index (χ0v) is 10.7. The summed E-state index contributed by atoms with van der Waals surface area (Å²) in [5, 5.41) is 5.47. The minimum absolute atomic E-state index is 0.154. The number of amides is 2. The molecule has 1 aromatic carbocycles. The molecule has 0 aliphatic rings. The highest BCUT2D eigenvalue weighted by molar-refractivity contribution is 5.74. The van der Waals surface area contributed by atoms with Crippen LogP contribution >= 0.6 is 0 Å². The number of hydrogen-bond donors (Lipinski definition) is 2. The van der Waals surface area contributed by atoms with Gasteiger partial charge in [0, 0.05) is 12.7 Å². The zero-order chi connectivity index (χ0) is 12.7. The lowest BCUT2D eigenvalue weighted by Crippen LogP contribution is -2.33. The maximum absolute atomic E-state index is 11.3. The van der Waals surface area contributed by atoms with Crippen LogP contribution in [0.25, 0.3) is 0 Å². The summed E-state index contributed by atoms with van der Waals surface area (Å²) in [4.78, 5) is 11.3. The van der Waals surface area contributed by atoms with E-state index >= 15 is 0 Å². The third-order valence-electron chi connectivity index (χ3n) is 2.31. The van der Waals surface area contributed by atoms with Crippen LogP contribution in [0.2, 0.25) is 0 Å². The first-order valence-corrected chi connectivity index (χ1v) is 5.81. The van der Waals surface area contributed by atoms with Crippen molar-refractivity contribution in [2.75, 3.05) is 6.54 Å². The second-order valence-corrected chi connectivity index (χ2v) is 4.36. The maximum atomic E-state index is 11.3. The van der Waals surface area contributed by atoms with Gasteiger partial charge in [0.15, 0.2) is 0 Å². The predicted octanol–water partition coefficient (Wildman–Crippen LogP) is 2.76. The molecule has 0 saturated heterocycles. The first-order chi connectivity index (χ1) is 8.08. The molecule has 3 heteroatoms. The summed E-state index contributed by atoms with van der Waals surface area (Å²) in [5.74, 6) is 0. The molecule has 2 amide bonds. The molecule has 0 radical (unpaired) electrons. The van der Waals surface area contributed by atoms with E-state index in [-0.39, 0.29) is 6.03 Å². The summed E-state index contributed by atoms with van der Waals surface area (Å²) in [6.07, 6.45) is 2.55. The number of aryl methyl sites for hydroxylation is 1. The first-order valence-electron chi connectivity index (χ1n) is 5.81. The van der Waals surface area contributed by atoms with E-state index < -0.39 is 0 Å². The van der Waals surface area contributed by atoms with Crippen molar-refractivity contribution in [3.05, 3.63) is 47.2 Å². The largest absolute Gasteiger partial charge is 0.338 e. The number of hydrogen-bond acceptors (Lipinski definition) is 1. The molecule has 3 nitrogen and oxygen atoms in total. The van der Waals surface area contributed by atoms with Crippen molar-refractivity contribution in [3.63, 3.8) is 0 Å². The lowest BCUT2D eigenvalue weighted by Gasteiger charge is -2.05. The Hall–Kier alpha value is -1.77. The van der Waals surface area contributed by atoms with E-state index in [9.17, 15) is 4.79 Å². The van der Waals surface area contributed by atoms with Crippen molar-refractivity contribution in [2.24, 2.45) is 0 Å². The Balaban J connectivity index is 2.26. The molecule has 0 unspecified atom stereocenters. The van der Waals surface area contributed by atoms with Crippen LogP contribution in [0, 0.1) is 6.92 Å². The van der Waals surface area contributed by atoms with Gasteiger partial charge in [-0.1, -0.05) is 35.4 Å². The minimum atomic E-state index is -0.154. The molecule has 17 heavy (non-hydrogen) atoms. The molecule has 1 rings (SSSR count). The summed E-state index contributed by atoms with van der Waals surface area (Å²) >= 11 is 0. The van der Waals surface area contributed by atoms with Crippen LogP contribution < -0.4 is 10.6 Å². The Morgan fingerprint density at radius 2 is 1.88 bits per heavy atom. The number of rotatable bonds is 4. The zero-order valence-electron chi connectivity index (χ0n) is 10.7. The van der Waals surface area contributed by atoms with Gasteiger partial charge in [0.1, 0.15) is 0 Å². The van der Waals surface area contributed by atoms with Gasteiger partial charge in [-0.25, -0.2) is 4.79 Å². The van der Waals surface area contributed by atoms with Crippen LogP contribution in [0.3, 0.4) is 0 Å². The highest BCUT2D eigenvalue weighted by Crippen LogP contribution is 2.02. The average Bonchev–Trinajstić information content (AvgIpc) is 2.29. The maximum Gasteiger partial charge on any atom is 0.318 e. The molecule has 92 valence electrons. The topological polar surface area (TPSA) is 41.1 Å². The number of urea groups is 1. The van der Waals surface area contributed by atoms with E-state index in [1.807, 2.05) is 13.8 Å². The van der Waals surface area contributed by atoms with Crippen LogP contribution in [0.5, 0.6) is 0 Å². The van der Waals surface area contributed by atoms with Gasteiger partial charge in [-0.2, -0.15) is 0 Å². The van der Waals surface area contributed by atoms with Gasteiger partial charge in [0.2, 0.25) is 0 Å². The Bertz CT molecular complexity index is 389. The SMILES string of the molecule is CC(C)=CNC(=O)NCCc1ccc(C)cc1. The van der Waals surface area contributed by atoms with Crippen LogP contribution in [0.1, 0.15) is 25.0 Å². The molecular formula is C14H20N2O. The summed E-state index contributed by atoms with van der Waals surface area (Å²) in [6.45, 7) is 6.58. The molecule has 2 N–H and O–H groups in total. The van der Waals surface area contributed by atoms with Gasteiger partial charge in [-0.15, -0.1) is 0 Å². The van der Waals surface area contributed by atoms with Gasteiger partial charge in [-0.05, 0) is 32.8 Å². The first kappa shape index (κ1) is 13.3. The summed E-state index contributed by atoms with van der Waals surface area (Å²) in [6, 6.07) is 8.19. The average molecular weight is 232 g/mol. The predicted molar refractivity (Wildman–Crippen MR) is 70.8 cm³/mol. The molecule has 0 bridgehead atoms. The van der Waals surface area contributed by atoms with E-state index in [4.69, 9.17) is 0 Å². The van der Waals surface area contributed by atoms with Crippen molar-refractivity contribution in [3.8, 4) is 0 Å². The monoisotopic (exact) mass is 232 g/mol. The number of benzene rings is 1. The van der Waals surface area contributed by atoms with E-state index in [1.165, 1.54) is 11.1 Å². The van der Waals surface area contributed by atoms with E-state index in [0.29, 0.717) is 6.54 Å². The smallest absolute Gasteiger partial charge is 0.318 e. The van der Waals surface area contributed by atoms with Crippen molar-refractivity contribution in [2.45, 2.75) is 27.2 Å². The van der Waals surface area contributed by atoms with Gasteiger partial charge in [0.25, 0.3) is 0 Å². The fraction of sp³-hybridized carbons (Fsp3) is 0.357. The standard InChI is InChI=1S/C14H20N2O/c1-11(2)10-16-14(17)15-9-8-13-6-4-12(3)5-7-13/h4-7,10H,8-9H2,1-3H3,(H2,15,16,17). The van der Waals surface area contributed by atoms with Crippen molar-refractivity contribution >= 4 is 6.03 Å². The molecule has 0 spiro atoms. The molecule has 1 aromatic rings. The summed E-state index contributed by atoms with van der Waals surface area (Å²) in [5.41, 5.74) is 3.56.